The van der Waals surface area contributed by atoms with Crippen LogP contribution in [0.25, 0.3) is 11.0 Å². The van der Waals surface area contributed by atoms with Gasteiger partial charge in [-0.2, -0.15) is 0 Å². The van der Waals surface area contributed by atoms with Gasteiger partial charge in [0.15, 0.2) is 0 Å². The first-order valence-electron chi connectivity index (χ1n) is 6.78. The maximum absolute atomic E-state index is 12.2. The number of nitrogens with zero attached hydrogens (tertiary/aromatic N) is 1. The Labute approximate surface area is 123 Å². The molecule has 0 atom stereocenters. The van der Waals surface area contributed by atoms with Crippen molar-refractivity contribution in [1.82, 2.24) is 4.90 Å². The van der Waals surface area contributed by atoms with Gasteiger partial charge in [0, 0.05) is 24.5 Å². The fraction of sp³-hybridized carbons (Fsp3) is 0.375. The average Bonchev–Trinajstić information content (AvgIpc) is 2.86. The smallest absolute Gasteiger partial charge is 0.307 e. The fourth-order valence-electron chi connectivity index (χ4n) is 2.11. The number of ether oxygens (including phenoxy) is 1. The van der Waals surface area contributed by atoms with Crippen LogP contribution >= 0.6 is 0 Å². The zero-order valence-corrected chi connectivity index (χ0v) is 12.5. The van der Waals surface area contributed by atoms with Gasteiger partial charge in [0.2, 0.25) is 5.91 Å². The highest BCUT2D eigenvalue weighted by molar-refractivity contribution is 5.88. The highest BCUT2D eigenvalue weighted by Gasteiger charge is 2.15. The quantitative estimate of drug-likeness (QED) is 0.792. The molecule has 1 amide bonds. The summed E-state index contributed by atoms with van der Waals surface area (Å²) in [6, 6.07) is 5.91. The third kappa shape index (κ3) is 3.62. The van der Waals surface area contributed by atoms with Crippen molar-refractivity contribution in [2.75, 3.05) is 20.7 Å². The molecule has 0 aliphatic heterocycles. The normalized spacial score (nSPS) is 10.6. The van der Waals surface area contributed by atoms with Crippen molar-refractivity contribution >= 4 is 22.8 Å². The van der Waals surface area contributed by atoms with E-state index in [-0.39, 0.29) is 24.7 Å². The Morgan fingerprint density at radius 1 is 1.33 bits per heavy atom. The van der Waals surface area contributed by atoms with E-state index in [9.17, 15) is 9.59 Å². The number of esters is 1. The molecule has 0 unspecified atom stereocenters. The molecule has 0 spiro atoms. The Bertz CT molecular complexity index is 659. The first-order chi connectivity index (χ1) is 10.0. The Hall–Kier alpha value is -2.30. The first-order valence-corrected chi connectivity index (χ1v) is 6.78. The lowest BCUT2D eigenvalue weighted by Crippen LogP contribution is -2.30. The molecule has 2 rings (SSSR count). The summed E-state index contributed by atoms with van der Waals surface area (Å²) >= 11 is 0. The lowest BCUT2D eigenvalue weighted by atomic mass is 10.1. The average molecular weight is 289 g/mol. The van der Waals surface area contributed by atoms with Gasteiger partial charge >= 0.3 is 5.97 Å². The topological polar surface area (TPSA) is 59.8 Å². The summed E-state index contributed by atoms with van der Waals surface area (Å²) in [4.78, 5) is 24.8. The number of methoxy groups -OCH3 is 1. The number of fused-ring (bicyclic) bond motifs is 1. The van der Waals surface area contributed by atoms with Gasteiger partial charge in [-0.25, -0.2) is 0 Å². The van der Waals surface area contributed by atoms with Gasteiger partial charge < -0.3 is 14.1 Å². The molecule has 21 heavy (non-hydrogen) atoms. The van der Waals surface area contributed by atoms with E-state index in [2.05, 4.69) is 4.74 Å². The Balaban J connectivity index is 2.02. The summed E-state index contributed by atoms with van der Waals surface area (Å²) in [5, 5.41) is 0.954. The lowest BCUT2D eigenvalue weighted by molar-refractivity contribution is -0.141. The molecule has 1 aromatic carbocycles. The minimum atomic E-state index is -0.320. The standard InChI is InChI=1S/C16H19NO4/c1-11-4-5-13-12(10-21-14(13)8-11)9-15(18)17(2)7-6-16(19)20-3/h4-5,8,10H,6-7,9H2,1-3H3. The number of furan rings is 1. The summed E-state index contributed by atoms with van der Waals surface area (Å²) < 4.78 is 10.0. The summed E-state index contributed by atoms with van der Waals surface area (Å²) in [6.07, 6.45) is 2.08. The molecule has 2 aromatic rings. The van der Waals surface area contributed by atoms with Crippen molar-refractivity contribution in [1.29, 1.82) is 0 Å². The van der Waals surface area contributed by atoms with E-state index in [4.69, 9.17) is 4.42 Å². The molecule has 0 saturated heterocycles. The van der Waals surface area contributed by atoms with Crippen molar-refractivity contribution < 1.29 is 18.7 Å². The molecule has 5 nitrogen and oxygen atoms in total. The number of aryl methyl sites for hydroxylation is 1. The number of likely N-dealkylation sites (N-methyl/N-ethyl adjacent to an activating group) is 1. The van der Waals surface area contributed by atoms with E-state index in [1.54, 1.807) is 13.3 Å². The van der Waals surface area contributed by atoms with Crippen LogP contribution in [0.3, 0.4) is 0 Å². The third-order valence-electron chi connectivity index (χ3n) is 3.46. The summed E-state index contributed by atoms with van der Waals surface area (Å²) in [6.45, 7) is 2.34. The van der Waals surface area contributed by atoms with Crippen molar-refractivity contribution in [2.45, 2.75) is 19.8 Å². The van der Waals surface area contributed by atoms with Crippen LogP contribution in [0.1, 0.15) is 17.5 Å². The molecule has 5 heteroatoms. The molecule has 1 heterocycles. The maximum atomic E-state index is 12.2. The Morgan fingerprint density at radius 3 is 2.81 bits per heavy atom. The summed E-state index contributed by atoms with van der Waals surface area (Å²) in [5.41, 5.74) is 2.76. The van der Waals surface area contributed by atoms with Crippen LogP contribution in [0.4, 0.5) is 0 Å². The molecule has 0 radical (unpaired) electrons. The molecule has 0 aliphatic carbocycles. The van der Waals surface area contributed by atoms with E-state index < -0.39 is 0 Å². The number of carbonyl (C=O) groups is 2. The summed E-state index contributed by atoms with van der Waals surface area (Å²) in [5.74, 6) is -0.374. The second-order valence-electron chi connectivity index (χ2n) is 5.08. The fourth-order valence-corrected chi connectivity index (χ4v) is 2.11. The minimum Gasteiger partial charge on any atom is -0.469 e. The van der Waals surface area contributed by atoms with Gasteiger partial charge in [0.05, 0.1) is 26.2 Å². The number of carbonyl (C=O) groups excluding carboxylic acids is 2. The monoisotopic (exact) mass is 289 g/mol. The number of amides is 1. The van der Waals surface area contributed by atoms with Crippen LogP contribution in [-0.4, -0.2) is 37.5 Å². The molecule has 0 bridgehead atoms. The van der Waals surface area contributed by atoms with Gasteiger partial charge in [-0.15, -0.1) is 0 Å². The summed E-state index contributed by atoms with van der Waals surface area (Å²) in [7, 11) is 3.02. The minimum absolute atomic E-state index is 0.0535. The van der Waals surface area contributed by atoms with Crippen molar-refractivity contribution in [3.63, 3.8) is 0 Å². The first kappa shape index (κ1) is 15.1. The van der Waals surface area contributed by atoms with Gasteiger partial charge in [-0.3, -0.25) is 9.59 Å². The van der Waals surface area contributed by atoms with Crippen LogP contribution in [0.15, 0.2) is 28.9 Å². The number of hydrogen-bond acceptors (Lipinski definition) is 4. The number of rotatable bonds is 5. The lowest BCUT2D eigenvalue weighted by Gasteiger charge is -2.16. The van der Waals surface area contributed by atoms with Crippen molar-refractivity contribution in [3.05, 3.63) is 35.6 Å². The molecule has 0 aliphatic rings. The van der Waals surface area contributed by atoms with Crippen molar-refractivity contribution in [2.24, 2.45) is 0 Å². The van der Waals surface area contributed by atoms with E-state index in [1.165, 1.54) is 12.0 Å². The van der Waals surface area contributed by atoms with Crippen LogP contribution in [0, 0.1) is 6.92 Å². The highest BCUT2D eigenvalue weighted by atomic mass is 16.5. The predicted octanol–water partition coefficient (Wildman–Crippen LogP) is 2.31. The Morgan fingerprint density at radius 2 is 2.10 bits per heavy atom. The molecular formula is C16H19NO4. The van der Waals surface area contributed by atoms with Crippen LogP contribution in [-0.2, 0) is 20.7 Å². The maximum Gasteiger partial charge on any atom is 0.307 e. The van der Waals surface area contributed by atoms with Crippen LogP contribution in [0.2, 0.25) is 0 Å². The molecule has 1 aromatic heterocycles. The molecule has 0 saturated carbocycles. The SMILES string of the molecule is COC(=O)CCN(C)C(=O)Cc1coc2cc(C)ccc12. The second kappa shape index (κ2) is 6.43. The van der Waals surface area contributed by atoms with Gasteiger partial charge in [-0.05, 0) is 18.6 Å². The van der Waals surface area contributed by atoms with Gasteiger partial charge in [0.25, 0.3) is 0 Å². The van der Waals surface area contributed by atoms with E-state index in [1.807, 2.05) is 25.1 Å². The van der Waals surface area contributed by atoms with Gasteiger partial charge in [0.1, 0.15) is 5.58 Å². The molecule has 0 fully saturated rings. The zero-order valence-electron chi connectivity index (χ0n) is 12.5. The molecular weight excluding hydrogens is 270 g/mol. The van der Waals surface area contributed by atoms with E-state index in [0.29, 0.717) is 6.54 Å². The third-order valence-corrected chi connectivity index (χ3v) is 3.46. The predicted molar refractivity (Wildman–Crippen MR) is 78.9 cm³/mol. The molecule has 112 valence electrons. The van der Waals surface area contributed by atoms with Gasteiger partial charge in [-0.1, -0.05) is 12.1 Å². The second-order valence-corrected chi connectivity index (χ2v) is 5.08. The number of hydrogen-bond donors (Lipinski definition) is 0. The van der Waals surface area contributed by atoms with Crippen molar-refractivity contribution in [3.8, 4) is 0 Å². The number of benzene rings is 1. The van der Waals surface area contributed by atoms with Crippen LogP contribution < -0.4 is 0 Å². The van der Waals surface area contributed by atoms with E-state index >= 15 is 0 Å². The van der Waals surface area contributed by atoms with E-state index in [0.717, 1.165) is 22.1 Å². The van der Waals surface area contributed by atoms with Crippen LogP contribution in [0.5, 0.6) is 0 Å². The Kier molecular flexibility index (Phi) is 4.62. The largest absolute Gasteiger partial charge is 0.469 e. The zero-order chi connectivity index (χ0) is 15.4. The molecule has 0 N–H and O–H groups in total. The highest BCUT2D eigenvalue weighted by Crippen LogP contribution is 2.23.